The van der Waals surface area contributed by atoms with Crippen molar-refractivity contribution in [3.05, 3.63) is 83.9 Å². The Balaban J connectivity index is 1.58. The van der Waals surface area contributed by atoms with Gasteiger partial charge in [0.1, 0.15) is 0 Å². The van der Waals surface area contributed by atoms with Gasteiger partial charge in [-0.3, -0.25) is 0 Å². The first kappa shape index (κ1) is 12.6. The maximum atomic E-state index is 6.60. The van der Waals surface area contributed by atoms with Crippen LogP contribution in [0, 0.1) is 0 Å². The lowest BCUT2D eigenvalue weighted by atomic mass is 9.97. The molecule has 0 unspecified atom stereocenters. The molecule has 104 valence electrons. The van der Waals surface area contributed by atoms with E-state index in [1.807, 2.05) is 0 Å². The van der Waals surface area contributed by atoms with E-state index >= 15 is 0 Å². The number of hydrogen-bond acceptors (Lipinski definition) is 1. The molecule has 0 aromatic heterocycles. The fraction of sp³-hybridized carbons (Fsp3) is 0.200. The first-order chi connectivity index (χ1) is 10.2. The van der Waals surface area contributed by atoms with Crippen LogP contribution in [0.5, 0.6) is 0 Å². The second kappa shape index (κ2) is 4.71. The Hall–Kier alpha value is -2.12. The third-order valence-corrected chi connectivity index (χ3v) is 4.67. The van der Waals surface area contributed by atoms with Crippen LogP contribution in [0.25, 0.3) is 10.8 Å². The molecule has 21 heavy (non-hydrogen) atoms. The molecule has 1 aliphatic rings. The summed E-state index contributed by atoms with van der Waals surface area (Å²) < 4.78 is 0. The number of nitrogens with two attached hydrogens (primary N) is 1. The van der Waals surface area contributed by atoms with E-state index < -0.39 is 0 Å². The van der Waals surface area contributed by atoms with Gasteiger partial charge in [-0.15, -0.1) is 0 Å². The first-order valence-corrected chi connectivity index (χ1v) is 7.56. The van der Waals surface area contributed by atoms with E-state index in [0.29, 0.717) is 5.92 Å². The molecule has 3 aromatic carbocycles. The van der Waals surface area contributed by atoms with E-state index in [0.717, 1.165) is 12.8 Å². The standard InChI is InChI=1S/C20H19N/c21-20(14-19(20)17-7-2-1-3-8-17)13-15-10-11-16-6-4-5-9-18(16)12-15/h1-12,19H,13-14,21H2/t19-,20+/m0/s1. The predicted octanol–water partition coefficient (Wildman–Crippen LogP) is 4.27. The van der Waals surface area contributed by atoms with Crippen molar-refractivity contribution in [2.75, 3.05) is 0 Å². The minimum absolute atomic E-state index is 0.0657. The molecule has 4 rings (SSSR count). The molecule has 1 aliphatic carbocycles. The molecular formula is C20H19N. The van der Waals surface area contributed by atoms with Crippen LogP contribution in [0.2, 0.25) is 0 Å². The summed E-state index contributed by atoms with van der Waals surface area (Å²) in [6.45, 7) is 0. The second-order valence-electron chi connectivity index (χ2n) is 6.26. The topological polar surface area (TPSA) is 26.0 Å². The van der Waals surface area contributed by atoms with Gasteiger partial charge in [0.2, 0.25) is 0 Å². The van der Waals surface area contributed by atoms with Crippen molar-refractivity contribution in [2.24, 2.45) is 5.73 Å². The minimum atomic E-state index is -0.0657. The van der Waals surface area contributed by atoms with Gasteiger partial charge in [0.15, 0.2) is 0 Å². The monoisotopic (exact) mass is 273 g/mol. The van der Waals surface area contributed by atoms with E-state index in [2.05, 4.69) is 72.8 Å². The maximum Gasteiger partial charge on any atom is 0.0271 e. The lowest BCUT2D eigenvalue weighted by molar-refractivity contribution is 0.646. The summed E-state index contributed by atoms with van der Waals surface area (Å²) in [6, 6.07) is 25.9. The van der Waals surface area contributed by atoms with Crippen LogP contribution in [-0.4, -0.2) is 5.54 Å². The molecule has 0 aliphatic heterocycles. The van der Waals surface area contributed by atoms with Crippen molar-refractivity contribution < 1.29 is 0 Å². The largest absolute Gasteiger partial charge is 0.324 e. The zero-order valence-electron chi connectivity index (χ0n) is 12.0. The number of rotatable bonds is 3. The second-order valence-corrected chi connectivity index (χ2v) is 6.26. The zero-order chi connectivity index (χ0) is 14.3. The van der Waals surface area contributed by atoms with Crippen LogP contribution in [-0.2, 0) is 6.42 Å². The molecule has 0 amide bonds. The third kappa shape index (κ3) is 2.34. The highest BCUT2D eigenvalue weighted by molar-refractivity contribution is 5.83. The number of fused-ring (bicyclic) bond motifs is 1. The minimum Gasteiger partial charge on any atom is -0.324 e. The van der Waals surface area contributed by atoms with Crippen molar-refractivity contribution in [3.63, 3.8) is 0 Å². The fourth-order valence-corrected chi connectivity index (χ4v) is 3.38. The van der Waals surface area contributed by atoms with Gasteiger partial charge < -0.3 is 5.73 Å². The lowest BCUT2D eigenvalue weighted by Crippen LogP contribution is -2.27. The van der Waals surface area contributed by atoms with Gasteiger partial charge in [-0.1, -0.05) is 72.8 Å². The summed E-state index contributed by atoms with van der Waals surface area (Å²) in [5, 5.41) is 2.60. The number of benzene rings is 3. The highest BCUT2D eigenvalue weighted by Crippen LogP contribution is 2.51. The highest BCUT2D eigenvalue weighted by atomic mass is 14.9. The molecule has 2 N–H and O–H groups in total. The van der Waals surface area contributed by atoms with E-state index in [1.165, 1.54) is 21.9 Å². The highest BCUT2D eigenvalue weighted by Gasteiger charge is 2.51. The fourth-order valence-electron chi connectivity index (χ4n) is 3.38. The molecule has 3 aromatic rings. The molecule has 1 heteroatoms. The van der Waals surface area contributed by atoms with Crippen molar-refractivity contribution in [1.29, 1.82) is 0 Å². The van der Waals surface area contributed by atoms with Gasteiger partial charge >= 0.3 is 0 Å². The number of hydrogen-bond donors (Lipinski definition) is 1. The molecular weight excluding hydrogens is 254 g/mol. The smallest absolute Gasteiger partial charge is 0.0271 e. The summed E-state index contributed by atoms with van der Waals surface area (Å²) in [7, 11) is 0. The van der Waals surface area contributed by atoms with E-state index in [1.54, 1.807) is 0 Å². The van der Waals surface area contributed by atoms with Crippen LogP contribution < -0.4 is 5.73 Å². The lowest BCUT2D eigenvalue weighted by Gasteiger charge is -2.12. The van der Waals surface area contributed by atoms with Crippen LogP contribution in [0.3, 0.4) is 0 Å². The molecule has 2 atom stereocenters. The van der Waals surface area contributed by atoms with E-state index in [9.17, 15) is 0 Å². The van der Waals surface area contributed by atoms with E-state index in [4.69, 9.17) is 5.73 Å². The predicted molar refractivity (Wildman–Crippen MR) is 88.4 cm³/mol. The van der Waals surface area contributed by atoms with Crippen molar-refractivity contribution in [2.45, 2.75) is 24.3 Å². The molecule has 1 nitrogen and oxygen atoms in total. The SMILES string of the molecule is N[C@]1(Cc2ccc3ccccc3c2)C[C@H]1c1ccccc1. The average molecular weight is 273 g/mol. The maximum absolute atomic E-state index is 6.60. The molecule has 0 radical (unpaired) electrons. The molecule has 0 bridgehead atoms. The summed E-state index contributed by atoms with van der Waals surface area (Å²) in [4.78, 5) is 0. The van der Waals surface area contributed by atoms with Crippen LogP contribution in [0.4, 0.5) is 0 Å². The van der Waals surface area contributed by atoms with Crippen molar-refractivity contribution in [1.82, 2.24) is 0 Å². The Kier molecular flexibility index (Phi) is 2.83. The van der Waals surface area contributed by atoms with Crippen LogP contribution in [0.1, 0.15) is 23.5 Å². The Morgan fingerprint density at radius 2 is 1.57 bits per heavy atom. The molecule has 0 spiro atoms. The Morgan fingerprint density at radius 1 is 0.857 bits per heavy atom. The molecule has 0 saturated heterocycles. The van der Waals surface area contributed by atoms with Gasteiger partial charge in [-0.2, -0.15) is 0 Å². The molecule has 1 fully saturated rings. The van der Waals surface area contributed by atoms with Crippen LogP contribution >= 0.6 is 0 Å². The van der Waals surface area contributed by atoms with Crippen LogP contribution in [0.15, 0.2) is 72.8 Å². The van der Waals surface area contributed by atoms with Gasteiger partial charge in [-0.25, -0.2) is 0 Å². The Labute approximate surface area is 125 Å². The third-order valence-electron chi connectivity index (χ3n) is 4.67. The van der Waals surface area contributed by atoms with Gasteiger partial charge in [0, 0.05) is 11.5 Å². The normalized spacial score (nSPS) is 24.1. The zero-order valence-corrected chi connectivity index (χ0v) is 12.0. The Morgan fingerprint density at radius 3 is 2.38 bits per heavy atom. The Bertz CT molecular complexity index is 778. The summed E-state index contributed by atoms with van der Waals surface area (Å²) in [5.41, 5.74) is 9.25. The summed E-state index contributed by atoms with van der Waals surface area (Å²) in [6.07, 6.45) is 2.04. The van der Waals surface area contributed by atoms with Gasteiger partial charge in [0.25, 0.3) is 0 Å². The van der Waals surface area contributed by atoms with E-state index in [-0.39, 0.29) is 5.54 Å². The summed E-state index contributed by atoms with van der Waals surface area (Å²) in [5.74, 6) is 0.505. The molecule has 0 heterocycles. The quantitative estimate of drug-likeness (QED) is 0.758. The van der Waals surface area contributed by atoms with Gasteiger partial charge in [-0.05, 0) is 34.7 Å². The van der Waals surface area contributed by atoms with Crippen molar-refractivity contribution in [3.8, 4) is 0 Å². The molecule has 1 saturated carbocycles. The van der Waals surface area contributed by atoms with Gasteiger partial charge in [0.05, 0.1) is 0 Å². The average Bonchev–Trinajstić information content (AvgIpc) is 3.19. The first-order valence-electron chi connectivity index (χ1n) is 7.56. The van der Waals surface area contributed by atoms with Crippen molar-refractivity contribution >= 4 is 10.8 Å². The summed E-state index contributed by atoms with van der Waals surface area (Å²) >= 11 is 0.